The SMILES string of the molecule is CC1C=CC2=C(C1)C1(C)C=Cc3oc4ccccc4c3C1N2C1=CC(C2(C)CC(C#N)=CC=N2)CC=C1. The normalized spacial score (nSPS) is 33.7. The molecule has 1 aromatic heterocycles. The lowest BCUT2D eigenvalue weighted by molar-refractivity contribution is 0.250. The van der Waals surface area contributed by atoms with E-state index in [2.05, 4.69) is 92.5 Å². The largest absolute Gasteiger partial charge is 0.456 e. The summed E-state index contributed by atoms with van der Waals surface area (Å²) in [5.41, 5.74) is 6.62. The highest BCUT2D eigenvalue weighted by Crippen LogP contribution is 2.62. The number of dihydropyridines is 1. The van der Waals surface area contributed by atoms with E-state index in [1.54, 1.807) is 0 Å². The first-order valence-electron chi connectivity index (χ1n) is 13.4. The van der Waals surface area contributed by atoms with Gasteiger partial charge in [-0.25, -0.2) is 0 Å². The number of hydrogen-bond donors (Lipinski definition) is 0. The van der Waals surface area contributed by atoms with Crippen molar-refractivity contribution in [2.45, 2.75) is 51.6 Å². The third-order valence-electron chi connectivity index (χ3n) is 9.14. The van der Waals surface area contributed by atoms with E-state index in [9.17, 15) is 5.26 Å². The van der Waals surface area contributed by atoms with Crippen molar-refractivity contribution < 1.29 is 4.42 Å². The van der Waals surface area contributed by atoms with Crippen molar-refractivity contribution in [1.29, 1.82) is 5.26 Å². The standard InChI is InChI=1S/C33H31N3O/c1-21-11-12-27-26(17-21)32(2)15-13-29-30(25-9-4-5-10-28(25)37-29)31(32)36(27)24-8-6-7-23(18-24)33(3)19-22(20-34)14-16-35-33/h4-6,8-16,18,21,23,31H,7,17,19H2,1-3H3. The zero-order valence-electron chi connectivity index (χ0n) is 21.6. The molecule has 0 N–H and O–H groups in total. The van der Waals surface area contributed by atoms with Gasteiger partial charge in [-0.3, -0.25) is 4.99 Å². The Kier molecular flexibility index (Phi) is 4.73. The molecule has 2 aliphatic heterocycles. The Labute approximate surface area is 218 Å². The first kappa shape index (κ1) is 22.4. The lowest BCUT2D eigenvalue weighted by atomic mass is 9.69. The molecule has 5 unspecified atom stereocenters. The summed E-state index contributed by atoms with van der Waals surface area (Å²) in [7, 11) is 0. The summed E-state index contributed by atoms with van der Waals surface area (Å²) in [4.78, 5) is 7.47. The van der Waals surface area contributed by atoms with Gasteiger partial charge in [-0.15, -0.1) is 0 Å². The van der Waals surface area contributed by atoms with E-state index in [0.717, 1.165) is 29.8 Å². The van der Waals surface area contributed by atoms with Gasteiger partial charge in [0.1, 0.15) is 11.3 Å². The first-order chi connectivity index (χ1) is 17.9. The molecule has 0 amide bonds. The molecule has 0 fully saturated rings. The van der Waals surface area contributed by atoms with Crippen LogP contribution in [0, 0.1) is 28.6 Å². The van der Waals surface area contributed by atoms with Gasteiger partial charge in [-0.05, 0) is 68.6 Å². The number of nitriles is 1. The van der Waals surface area contributed by atoms with Crippen LogP contribution in [-0.2, 0) is 0 Å². The van der Waals surface area contributed by atoms with Crippen molar-refractivity contribution in [2.75, 3.05) is 0 Å². The molecule has 184 valence electrons. The highest BCUT2D eigenvalue weighted by atomic mass is 16.3. The minimum Gasteiger partial charge on any atom is -0.456 e. The molecule has 0 saturated carbocycles. The molecule has 1 aromatic carbocycles. The zero-order valence-corrected chi connectivity index (χ0v) is 21.6. The van der Waals surface area contributed by atoms with Crippen LogP contribution in [0.5, 0.6) is 0 Å². The van der Waals surface area contributed by atoms with Crippen LogP contribution in [0.4, 0.5) is 0 Å². The monoisotopic (exact) mass is 485 g/mol. The first-order valence-corrected chi connectivity index (χ1v) is 13.4. The molecule has 0 radical (unpaired) electrons. The van der Waals surface area contributed by atoms with E-state index >= 15 is 0 Å². The van der Waals surface area contributed by atoms with E-state index < -0.39 is 0 Å². The molecule has 3 heterocycles. The van der Waals surface area contributed by atoms with Crippen LogP contribution in [0.1, 0.15) is 57.4 Å². The smallest absolute Gasteiger partial charge is 0.135 e. The Hall–Kier alpha value is -3.84. The highest BCUT2D eigenvalue weighted by Gasteiger charge is 2.53. The van der Waals surface area contributed by atoms with Crippen LogP contribution in [0.25, 0.3) is 17.0 Å². The fourth-order valence-corrected chi connectivity index (χ4v) is 7.14. The molecule has 5 aliphatic rings. The number of rotatable bonds is 2. The summed E-state index contributed by atoms with van der Waals surface area (Å²) in [5, 5.41) is 10.8. The van der Waals surface area contributed by atoms with E-state index in [-0.39, 0.29) is 22.9 Å². The van der Waals surface area contributed by atoms with Crippen molar-refractivity contribution in [2.24, 2.45) is 22.2 Å². The van der Waals surface area contributed by atoms with Gasteiger partial charge in [0.05, 0.1) is 17.6 Å². The maximum atomic E-state index is 9.57. The minimum absolute atomic E-state index is 0.114. The van der Waals surface area contributed by atoms with Crippen LogP contribution >= 0.6 is 0 Å². The second-order valence-electron chi connectivity index (χ2n) is 11.6. The molecule has 2 aromatic rings. The Bertz CT molecular complexity index is 1580. The number of fused-ring (bicyclic) bond motifs is 6. The number of nitrogens with zero attached hydrogens (tertiary/aromatic N) is 3. The van der Waals surface area contributed by atoms with Crippen LogP contribution in [0.15, 0.2) is 98.7 Å². The topological polar surface area (TPSA) is 52.5 Å². The van der Waals surface area contributed by atoms with Crippen LogP contribution < -0.4 is 0 Å². The summed E-state index contributed by atoms with van der Waals surface area (Å²) in [6, 6.07) is 10.9. The average Bonchev–Trinajstić information content (AvgIpc) is 3.41. The molecule has 5 atom stereocenters. The Morgan fingerprint density at radius 2 is 2.03 bits per heavy atom. The van der Waals surface area contributed by atoms with Crippen molar-refractivity contribution >= 4 is 23.3 Å². The second-order valence-corrected chi connectivity index (χ2v) is 11.6. The van der Waals surface area contributed by atoms with Gasteiger partial charge in [0, 0.05) is 51.9 Å². The summed E-state index contributed by atoms with van der Waals surface area (Å²) >= 11 is 0. The van der Waals surface area contributed by atoms with Gasteiger partial charge in [-0.1, -0.05) is 49.4 Å². The van der Waals surface area contributed by atoms with E-state index in [0.29, 0.717) is 12.3 Å². The fraction of sp³-hybridized carbons (Fsp3) is 0.333. The third-order valence-corrected chi connectivity index (χ3v) is 9.14. The third kappa shape index (κ3) is 3.16. The van der Waals surface area contributed by atoms with Crippen molar-refractivity contribution in [1.82, 2.24) is 4.90 Å². The molecule has 7 rings (SSSR count). The van der Waals surface area contributed by atoms with E-state index in [1.165, 1.54) is 27.9 Å². The Balaban J connectivity index is 1.39. The van der Waals surface area contributed by atoms with E-state index in [4.69, 9.17) is 9.41 Å². The van der Waals surface area contributed by atoms with Crippen LogP contribution in [0.2, 0.25) is 0 Å². The fourth-order valence-electron chi connectivity index (χ4n) is 7.14. The molecule has 0 bridgehead atoms. The minimum atomic E-state index is -0.326. The quantitative estimate of drug-likeness (QED) is 0.436. The van der Waals surface area contributed by atoms with Gasteiger partial charge >= 0.3 is 0 Å². The molecule has 37 heavy (non-hydrogen) atoms. The van der Waals surface area contributed by atoms with Crippen molar-refractivity contribution in [3.63, 3.8) is 0 Å². The molecule has 4 heteroatoms. The number of allylic oxidation sites excluding steroid dienone is 5. The molecular formula is C33H31N3O. The van der Waals surface area contributed by atoms with Gasteiger partial charge in [0.15, 0.2) is 0 Å². The summed E-state index contributed by atoms with van der Waals surface area (Å²) in [6.45, 7) is 6.91. The number of aliphatic imine (C=N–C) groups is 1. The summed E-state index contributed by atoms with van der Waals surface area (Å²) in [6.07, 6.45) is 22.6. The average molecular weight is 486 g/mol. The molecule has 0 saturated heterocycles. The van der Waals surface area contributed by atoms with Crippen molar-refractivity contribution in [3.8, 4) is 6.07 Å². The van der Waals surface area contributed by atoms with E-state index in [1.807, 2.05) is 18.4 Å². The molecule has 4 nitrogen and oxygen atoms in total. The number of furan rings is 1. The Morgan fingerprint density at radius 3 is 2.89 bits per heavy atom. The van der Waals surface area contributed by atoms with Gasteiger partial charge < -0.3 is 9.32 Å². The van der Waals surface area contributed by atoms with Crippen LogP contribution in [-0.4, -0.2) is 16.7 Å². The number of hydrogen-bond acceptors (Lipinski definition) is 4. The summed E-state index contributed by atoms with van der Waals surface area (Å²) < 4.78 is 6.37. The highest BCUT2D eigenvalue weighted by molar-refractivity contribution is 5.87. The second kappa shape index (κ2) is 7.83. The lowest BCUT2D eigenvalue weighted by Gasteiger charge is -2.41. The molecule has 0 spiro atoms. The zero-order chi connectivity index (χ0) is 25.4. The predicted octanol–water partition coefficient (Wildman–Crippen LogP) is 7.82. The molecule has 3 aliphatic carbocycles. The predicted molar refractivity (Wildman–Crippen MR) is 148 cm³/mol. The lowest BCUT2D eigenvalue weighted by Crippen LogP contribution is -2.37. The van der Waals surface area contributed by atoms with Crippen LogP contribution in [0.3, 0.4) is 0 Å². The number of para-hydroxylation sites is 1. The van der Waals surface area contributed by atoms with Crippen molar-refractivity contribution in [3.05, 3.63) is 101 Å². The maximum Gasteiger partial charge on any atom is 0.135 e. The van der Waals surface area contributed by atoms with Gasteiger partial charge in [0.25, 0.3) is 0 Å². The summed E-state index contributed by atoms with van der Waals surface area (Å²) in [5.74, 6) is 1.69. The van der Waals surface area contributed by atoms with Gasteiger partial charge in [0.2, 0.25) is 0 Å². The molecular weight excluding hydrogens is 454 g/mol. The van der Waals surface area contributed by atoms with Gasteiger partial charge in [-0.2, -0.15) is 5.26 Å². The Morgan fingerprint density at radius 1 is 1.16 bits per heavy atom. The number of benzene rings is 1. The maximum absolute atomic E-state index is 9.57.